The van der Waals surface area contributed by atoms with Crippen molar-refractivity contribution in [1.29, 1.82) is 0 Å². The third kappa shape index (κ3) is 4.26. The van der Waals surface area contributed by atoms with E-state index in [9.17, 15) is 0 Å². The lowest BCUT2D eigenvalue weighted by atomic mass is 10.2. The summed E-state index contributed by atoms with van der Waals surface area (Å²) in [6, 6.07) is 0. The SMILES string of the molecule is CCCCCC1=CSC2=C(S1)SC(=C1SC3=C(SC=CS3)S1)S2. The van der Waals surface area contributed by atoms with Crippen LogP contribution in [0.1, 0.15) is 32.6 Å². The fourth-order valence-electron chi connectivity index (χ4n) is 2.09. The Bertz CT molecular complexity index is 645. The van der Waals surface area contributed by atoms with Crippen LogP contribution in [0.3, 0.4) is 0 Å². The van der Waals surface area contributed by atoms with Gasteiger partial charge in [-0.1, -0.05) is 114 Å². The largest absolute Gasteiger partial charge is 0.0884 e. The van der Waals surface area contributed by atoms with Gasteiger partial charge in [0.2, 0.25) is 0 Å². The van der Waals surface area contributed by atoms with Crippen LogP contribution in [0.2, 0.25) is 0 Å². The molecule has 0 amide bonds. The summed E-state index contributed by atoms with van der Waals surface area (Å²) in [5.74, 6) is 0. The highest BCUT2D eigenvalue weighted by Gasteiger charge is 2.32. The number of unbranched alkanes of at least 4 members (excludes halogenated alkanes) is 2. The van der Waals surface area contributed by atoms with Crippen molar-refractivity contribution in [3.8, 4) is 0 Å². The molecule has 0 N–H and O–H groups in total. The third-order valence-electron chi connectivity index (χ3n) is 3.20. The summed E-state index contributed by atoms with van der Waals surface area (Å²) in [7, 11) is 0. The van der Waals surface area contributed by atoms with Gasteiger partial charge in [0.25, 0.3) is 0 Å². The van der Waals surface area contributed by atoms with Crippen molar-refractivity contribution in [1.82, 2.24) is 0 Å². The van der Waals surface area contributed by atoms with E-state index in [2.05, 4.69) is 23.1 Å². The van der Waals surface area contributed by atoms with Crippen molar-refractivity contribution >= 4 is 94.1 Å². The topological polar surface area (TPSA) is 0 Å². The number of rotatable bonds is 4. The molecule has 0 fully saturated rings. The van der Waals surface area contributed by atoms with Gasteiger partial charge in [0.15, 0.2) is 0 Å². The Balaban J connectivity index is 1.38. The number of allylic oxidation sites excluding steroid dienone is 1. The molecule has 122 valence electrons. The maximum absolute atomic E-state index is 2.38. The van der Waals surface area contributed by atoms with E-state index in [-0.39, 0.29) is 0 Å². The second-order valence-electron chi connectivity index (χ2n) is 4.90. The molecule has 0 unspecified atom stereocenters. The van der Waals surface area contributed by atoms with E-state index in [1.165, 1.54) is 51.1 Å². The van der Waals surface area contributed by atoms with Gasteiger partial charge >= 0.3 is 0 Å². The predicted octanol–water partition coefficient (Wildman–Crippen LogP) is 9.18. The summed E-state index contributed by atoms with van der Waals surface area (Å²) >= 11 is 15.6. The minimum absolute atomic E-state index is 1.25. The van der Waals surface area contributed by atoms with Crippen molar-refractivity contribution in [2.45, 2.75) is 32.6 Å². The highest BCUT2D eigenvalue weighted by molar-refractivity contribution is 8.46. The molecular weight excluding hydrogens is 437 g/mol. The van der Waals surface area contributed by atoms with E-state index < -0.39 is 0 Å². The fraction of sp³-hybridized carbons (Fsp3) is 0.333. The molecule has 0 nitrogen and oxygen atoms in total. The zero-order chi connectivity index (χ0) is 15.6. The van der Waals surface area contributed by atoms with E-state index in [4.69, 9.17) is 0 Å². The molecule has 4 aliphatic heterocycles. The molecule has 8 heteroatoms. The molecule has 0 spiro atoms. The van der Waals surface area contributed by atoms with Crippen LogP contribution >= 0.6 is 94.1 Å². The summed E-state index contributed by atoms with van der Waals surface area (Å²) in [6.07, 6.45) is 5.22. The first-order valence-corrected chi connectivity index (χ1v) is 14.0. The molecule has 0 saturated heterocycles. The van der Waals surface area contributed by atoms with Crippen LogP contribution < -0.4 is 0 Å². The Morgan fingerprint density at radius 2 is 1.22 bits per heavy atom. The highest BCUT2D eigenvalue weighted by atomic mass is 32.3. The summed E-state index contributed by atoms with van der Waals surface area (Å²) in [6.45, 7) is 2.27. The minimum atomic E-state index is 1.25. The van der Waals surface area contributed by atoms with Gasteiger partial charge in [-0.15, -0.1) is 0 Å². The smallest absolute Gasteiger partial charge is 0.0718 e. The Kier molecular flexibility index (Phi) is 6.58. The molecular formula is C15H14S8. The first-order chi connectivity index (χ1) is 11.3. The van der Waals surface area contributed by atoms with Gasteiger partial charge < -0.3 is 0 Å². The first-order valence-electron chi connectivity index (χ1n) is 7.29. The lowest BCUT2D eigenvalue weighted by Gasteiger charge is -2.12. The summed E-state index contributed by atoms with van der Waals surface area (Å²) < 4.78 is 8.91. The standard InChI is InChI=1S/C15H14S8/c1-2-3-4-5-9-8-18-12-13(19-9)23-15(22-12)14-20-10-11(21-14)17-7-6-16-10/h6-8H,2-5H2,1H3. The maximum atomic E-state index is 2.38. The number of hydrogen-bond donors (Lipinski definition) is 0. The molecule has 0 atom stereocenters. The Morgan fingerprint density at radius 3 is 1.87 bits per heavy atom. The highest BCUT2D eigenvalue weighted by Crippen LogP contribution is 2.68. The van der Waals surface area contributed by atoms with Gasteiger partial charge in [0.05, 0.1) is 25.4 Å². The van der Waals surface area contributed by atoms with Crippen molar-refractivity contribution in [2.24, 2.45) is 0 Å². The Labute approximate surface area is 171 Å². The fourth-order valence-corrected chi connectivity index (χ4v) is 13.3. The van der Waals surface area contributed by atoms with E-state index in [1.54, 1.807) is 4.91 Å². The van der Waals surface area contributed by atoms with Gasteiger partial charge in [-0.2, -0.15) is 0 Å². The van der Waals surface area contributed by atoms with E-state index in [0.717, 1.165) is 0 Å². The summed E-state index contributed by atoms with van der Waals surface area (Å²) in [4.78, 5) is 1.56. The van der Waals surface area contributed by atoms with Crippen molar-refractivity contribution in [3.63, 3.8) is 0 Å². The zero-order valence-electron chi connectivity index (χ0n) is 12.3. The number of thioether (sulfide) groups is 8. The molecule has 4 aliphatic rings. The molecule has 0 aromatic heterocycles. The van der Waals surface area contributed by atoms with Gasteiger partial charge in [-0.25, -0.2) is 0 Å². The maximum Gasteiger partial charge on any atom is 0.0718 e. The molecule has 4 heterocycles. The molecule has 0 aliphatic carbocycles. The molecule has 0 radical (unpaired) electrons. The van der Waals surface area contributed by atoms with Crippen LogP contribution in [0.4, 0.5) is 0 Å². The van der Waals surface area contributed by atoms with Crippen molar-refractivity contribution in [3.05, 3.63) is 46.6 Å². The normalized spacial score (nSPS) is 23.6. The van der Waals surface area contributed by atoms with E-state index >= 15 is 0 Å². The summed E-state index contributed by atoms with van der Waals surface area (Å²) in [5, 5.41) is 6.77. The average molecular weight is 451 g/mol. The van der Waals surface area contributed by atoms with Crippen molar-refractivity contribution in [2.75, 3.05) is 0 Å². The second kappa shape index (κ2) is 8.46. The van der Waals surface area contributed by atoms with Crippen LogP contribution in [0.5, 0.6) is 0 Å². The molecule has 4 rings (SSSR count). The average Bonchev–Trinajstić information content (AvgIpc) is 3.18. The quantitative estimate of drug-likeness (QED) is 0.384. The van der Waals surface area contributed by atoms with Crippen molar-refractivity contribution < 1.29 is 0 Å². The molecule has 0 aromatic carbocycles. The zero-order valence-corrected chi connectivity index (χ0v) is 18.9. The van der Waals surface area contributed by atoms with Gasteiger partial charge in [-0.05, 0) is 34.0 Å². The van der Waals surface area contributed by atoms with Crippen LogP contribution in [-0.4, -0.2) is 0 Å². The molecule has 0 saturated carbocycles. The number of hydrogen-bond acceptors (Lipinski definition) is 8. The van der Waals surface area contributed by atoms with E-state index in [0.29, 0.717) is 0 Å². The monoisotopic (exact) mass is 450 g/mol. The van der Waals surface area contributed by atoms with Gasteiger partial charge in [0, 0.05) is 0 Å². The Hall–Kier alpha value is 1.50. The molecule has 23 heavy (non-hydrogen) atoms. The lowest BCUT2D eigenvalue weighted by Crippen LogP contribution is -1.83. The summed E-state index contributed by atoms with van der Waals surface area (Å²) in [5.41, 5.74) is 0. The van der Waals surface area contributed by atoms with Crippen LogP contribution in [-0.2, 0) is 0 Å². The van der Waals surface area contributed by atoms with Crippen LogP contribution in [0, 0.1) is 0 Å². The van der Waals surface area contributed by atoms with Crippen LogP contribution in [0.15, 0.2) is 46.6 Å². The van der Waals surface area contributed by atoms with Gasteiger partial charge in [-0.3, -0.25) is 0 Å². The first kappa shape index (κ1) is 17.9. The predicted molar refractivity (Wildman–Crippen MR) is 123 cm³/mol. The molecule has 0 aromatic rings. The third-order valence-corrected chi connectivity index (χ3v) is 14.5. The Morgan fingerprint density at radius 1 is 0.652 bits per heavy atom. The molecule has 0 bridgehead atoms. The van der Waals surface area contributed by atoms with Crippen LogP contribution in [0.25, 0.3) is 0 Å². The van der Waals surface area contributed by atoms with E-state index in [1.807, 2.05) is 94.1 Å². The lowest BCUT2D eigenvalue weighted by molar-refractivity contribution is 0.726. The minimum Gasteiger partial charge on any atom is -0.0884 e. The van der Waals surface area contributed by atoms with Gasteiger partial charge in [0.1, 0.15) is 0 Å². The second-order valence-corrected chi connectivity index (χ2v) is 14.4.